The van der Waals surface area contributed by atoms with E-state index in [4.69, 9.17) is 4.74 Å². The van der Waals surface area contributed by atoms with Gasteiger partial charge in [0.1, 0.15) is 16.0 Å². The minimum atomic E-state index is -0.930. The van der Waals surface area contributed by atoms with Crippen LogP contribution < -0.4 is 4.74 Å². The molecule has 21 heavy (non-hydrogen) atoms. The number of unbranched alkanes of at least 4 members (excludes halogenated alkanes) is 4. The summed E-state index contributed by atoms with van der Waals surface area (Å²) >= 11 is 1.17. The molecule has 1 N–H and O–H groups in total. The summed E-state index contributed by atoms with van der Waals surface area (Å²) in [6.07, 6.45) is 7.25. The lowest BCUT2D eigenvalue weighted by molar-refractivity contribution is 0.0701. The summed E-state index contributed by atoms with van der Waals surface area (Å²) in [4.78, 5) is 20.4. The van der Waals surface area contributed by atoms with Crippen molar-refractivity contribution in [3.63, 3.8) is 0 Å². The summed E-state index contributed by atoms with van der Waals surface area (Å²) in [5.41, 5.74) is 0.684. The van der Waals surface area contributed by atoms with E-state index in [0.29, 0.717) is 27.8 Å². The first-order valence-corrected chi connectivity index (χ1v) is 8.07. The Balaban J connectivity index is 2.08. The minimum absolute atomic E-state index is 0.304. The maximum atomic E-state index is 11.2. The fourth-order valence-electron chi connectivity index (χ4n) is 2.23. The zero-order valence-electron chi connectivity index (χ0n) is 12.4. The number of thiophene rings is 1. The van der Waals surface area contributed by atoms with Crippen LogP contribution in [0, 0.1) is 6.92 Å². The van der Waals surface area contributed by atoms with E-state index in [0.717, 1.165) is 18.2 Å². The number of aromatic nitrogens is 2. The van der Waals surface area contributed by atoms with E-state index in [2.05, 4.69) is 16.9 Å². The molecule has 2 aromatic rings. The van der Waals surface area contributed by atoms with Gasteiger partial charge in [0.25, 0.3) is 0 Å². The smallest absolute Gasteiger partial charge is 0.346 e. The number of hydrogen-bond acceptors (Lipinski definition) is 5. The average molecular weight is 308 g/mol. The van der Waals surface area contributed by atoms with Gasteiger partial charge in [0.05, 0.1) is 12.0 Å². The number of aryl methyl sites for hydroxylation is 1. The number of hydrogen-bond donors (Lipinski definition) is 1. The van der Waals surface area contributed by atoms with E-state index in [1.54, 1.807) is 6.92 Å². The fourth-order valence-corrected chi connectivity index (χ4v) is 3.21. The predicted molar refractivity (Wildman–Crippen MR) is 83.4 cm³/mol. The molecule has 0 saturated heterocycles. The number of carbonyl (C=O) groups is 1. The van der Waals surface area contributed by atoms with Gasteiger partial charge < -0.3 is 9.84 Å². The minimum Gasteiger partial charge on any atom is -0.477 e. The molecule has 0 aromatic carbocycles. The lowest BCUT2D eigenvalue weighted by Crippen LogP contribution is -2.00. The maximum Gasteiger partial charge on any atom is 0.346 e. The summed E-state index contributed by atoms with van der Waals surface area (Å²) < 4.78 is 5.74. The predicted octanol–water partition coefficient (Wildman–Crippen LogP) is 4.05. The van der Waals surface area contributed by atoms with Crippen LogP contribution >= 0.6 is 11.3 Å². The van der Waals surface area contributed by atoms with Crippen LogP contribution in [0.5, 0.6) is 5.88 Å². The van der Waals surface area contributed by atoms with Crippen molar-refractivity contribution in [1.82, 2.24) is 9.97 Å². The second-order valence-corrected chi connectivity index (χ2v) is 5.98. The lowest BCUT2D eigenvalue weighted by Gasteiger charge is -2.06. The number of nitrogens with zero attached hydrogens (tertiary/aromatic N) is 2. The van der Waals surface area contributed by atoms with Crippen LogP contribution in [0.25, 0.3) is 10.2 Å². The molecule has 0 aliphatic carbocycles. The molecule has 0 aliphatic rings. The Hall–Kier alpha value is -1.69. The van der Waals surface area contributed by atoms with Crippen molar-refractivity contribution in [2.75, 3.05) is 6.61 Å². The van der Waals surface area contributed by atoms with E-state index in [9.17, 15) is 9.90 Å². The SMILES string of the molecule is CCCCCCCOc1ncnc2sc(C(=O)O)c(C)c12. The Kier molecular flexibility index (Phi) is 5.50. The highest BCUT2D eigenvalue weighted by atomic mass is 32.1. The Morgan fingerprint density at radius 2 is 2.05 bits per heavy atom. The molecule has 0 fully saturated rings. The quantitative estimate of drug-likeness (QED) is 0.745. The third-order valence-corrected chi connectivity index (χ3v) is 4.56. The Morgan fingerprint density at radius 1 is 1.29 bits per heavy atom. The van der Waals surface area contributed by atoms with Crippen molar-refractivity contribution in [1.29, 1.82) is 0 Å². The molecule has 2 aromatic heterocycles. The van der Waals surface area contributed by atoms with Crippen LogP contribution in [0.3, 0.4) is 0 Å². The molecule has 2 heterocycles. The van der Waals surface area contributed by atoms with Crippen LogP contribution in [0.4, 0.5) is 0 Å². The first-order valence-electron chi connectivity index (χ1n) is 7.25. The largest absolute Gasteiger partial charge is 0.477 e. The van der Waals surface area contributed by atoms with E-state index in [1.807, 2.05) is 0 Å². The molecule has 0 saturated carbocycles. The van der Waals surface area contributed by atoms with Crippen molar-refractivity contribution < 1.29 is 14.6 Å². The Bertz CT molecular complexity index is 625. The second kappa shape index (κ2) is 7.36. The van der Waals surface area contributed by atoms with Gasteiger partial charge in [0.15, 0.2) is 0 Å². The fraction of sp³-hybridized carbons (Fsp3) is 0.533. The summed E-state index contributed by atoms with van der Waals surface area (Å²) in [5, 5.41) is 9.91. The third-order valence-electron chi connectivity index (χ3n) is 3.37. The molecule has 0 bridgehead atoms. The van der Waals surface area contributed by atoms with Crippen LogP contribution in [-0.2, 0) is 0 Å². The van der Waals surface area contributed by atoms with Gasteiger partial charge in [-0.25, -0.2) is 14.8 Å². The van der Waals surface area contributed by atoms with E-state index in [-0.39, 0.29) is 0 Å². The number of carboxylic acid groups (broad SMARTS) is 1. The topological polar surface area (TPSA) is 72.3 Å². The number of fused-ring (bicyclic) bond motifs is 1. The highest BCUT2D eigenvalue weighted by molar-refractivity contribution is 7.20. The van der Waals surface area contributed by atoms with E-state index in [1.165, 1.54) is 36.9 Å². The molecule has 0 atom stereocenters. The van der Waals surface area contributed by atoms with Crippen molar-refractivity contribution in [2.24, 2.45) is 0 Å². The highest BCUT2D eigenvalue weighted by Crippen LogP contribution is 2.34. The van der Waals surface area contributed by atoms with Crippen LogP contribution in [0.1, 0.15) is 54.3 Å². The molecule has 114 valence electrons. The summed E-state index contributed by atoms with van der Waals surface area (Å²) in [6, 6.07) is 0. The van der Waals surface area contributed by atoms with Crippen molar-refractivity contribution in [3.8, 4) is 5.88 Å². The Labute approximate surface area is 128 Å². The molecule has 0 aliphatic heterocycles. The molecule has 5 nitrogen and oxygen atoms in total. The zero-order valence-corrected chi connectivity index (χ0v) is 13.2. The van der Waals surface area contributed by atoms with Crippen LogP contribution in [0.2, 0.25) is 0 Å². The number of ether oxygens (including phenoxy) is 1. The average Bonchev–Trinajstić information content (AvgIpc) is 2.81. The molecule has 0 radical (unpaired) electrons. The summed E-state index contributed by atoms with van der Waals surface area (Å²) in [5.74, 6) is -0.433. The van der Waals surface area contributed by atoms with Crippen LogP contribution in [-0.4, -0.2) is 27.7 Å². The first-order chi connectivity index (χ1) is 10.1. The monoisotopic (exact) mass is 308 g/mol. The molecular formula is C15H20N2O3S. The number of carboxylic acids is 1. The Morgan fingerprint density at radius 3 is 2.76 bits per heavy atom. The van der Waals surface area contributed by atoms with Gasteiger partial charge in [-0.3, -0.25) is 0 Å². The number of rotatable bonds is 8. The third kappa shape index (κ3) is 3.69. The van der Waals surface area contributed by atoms with E-state index < -0.39 is 5.97 Å². The second-order valence-electron chi connectivity index (χ2n) is 4.98. The molecule has 6 heteroatoms. The first kappa shape index (κ1) is 15.7. The summed E-state index contributed by atoms with van der Waals surface area (Å²) in [6.45, 7) is 4.57. The molecule has 0 unspecified atom stereocenters. The molecule has 0 amide bonds. The molecule has 0 spiro atoms. The van der Waals surface area contributed by atoms with Gasteiger partial charge in [-0.1, -0.05) is 32.6 Å². The van der Waals surface area contributed by atoms with Gasteiger partial charge in [0, 0.05) is 0 Å². The van der Waals surface area contributed by atoms with Gasteiger partial charge in [-0.2, -0.15) is 0 Å². The van der Waals surface area contributed by atoms with Crippen LogP contribution in [0.15, 0.2) is 6.33 Å². The standard InChI is InChI=1S/C15H20N2O3S/c1-3-4-5-6-7-8-20-13-11-10(2)12(15(18)19)21-14(11)17-9-16-13/h9H,3-8H2,1-2H3,(H,18,19). The molecule has 2 rings (SSSR count). The number of aromatic carboxylic acids is 1. The van der Waals surface area contributed by atoms with E-state index >= 15 is 0 Å². The summed E-state index contributed by atoms with van der Waals surface area (Å²) in [7, 11) is 0. The van der Waals surface area contributed by atoms with Crippen molar-refractivity contribution in [3.05, 3.63) is 16.8 Å². The maximum absolute atomic E-state index is 11.2. The van der Waals surface area contributed by atoms with Gasteiger partial charge in [-0.15, -0.1) is 11.3 Å². The normalized spacial score (nSPS) is 11.0. The molecular weight excluding hydrogens is 288 g/mol. The zero-order chi connectivity index (χ0) is 15.2. The lowest BCUT2D eigenvalue weighted by atomic mass is 10.2. The van der Waals surface area contributed by atoms with Gasteiger partial charge >= 0.3 is 5.97 Å². The van der Waals surface area contributed by atoms with Crippen molar-refractivity contribution >= 4 is 27.5 Å². The van der Waals surface area contributed by atoms with Gasteiger partial charge in [0.2, 0.25) is 5.88 Å². The van der Waals surface area contributed by atoms with Gasteiger partial charge in [-0.05, 0) is 18.9 Å². The van der Waals surface area contributed by atoms with Crippen molar-refractivity contribution in [2.45, 2.75) is 46.0 Å². The highest BCUT2D eigenvalue weighted by Gasteiger charge is 2.19.